The van der Waals surface area contributed by atoms with Crippen molar-refractivity contribution in [2.24, 2.45) is 0 Å². The second-order valence-corrected chi connectivity index (χ2v) is 5.58. The second-order valence-electron chi connectivity index (χ2n) is 5.58. The monoisotopic (exact) mass is 357 g/mol. The van der Waals surface area contributed by atoms with Gasteiger partial charge in [0, 0.05) is 17.8 Å². The number of furan rings is 1. The van der Waals surface area contributed by atoms with Crippen molar-refractivity contribution in [2.75, 3.05) is 0 Å². The Balaban J connectivity index is 1.90. The third-order valence-corrected chi connectivity index (χ3v) is 3.83. The summed E-state index contributed by atoms with van der Waals surface area (Å²) in [6, 6.07) is 7.67. The minimum absolute atomic E-state index is 0.0712. The highest BCUT2D eigenvalue weighted by atomic mass is 16.6. The quantitative estimate of drug-likeness (QED) is 0.481. The van der Waals surface area contributed by atoms with Crippen LogP contribution in [0.4, 0.5) is 10.5 Å². The van der Waals surface area contributed by atoms with Crippen molar-refractivity contribution in [2.45, 2.75) is 19.6 Å². The van der Waals surface area contributed by atoms with Crippen molar-refractivity contribution in [1.29, 1.82) is 0 Å². The van der Waals surface area contributed by atoms with Gasteiger partial charge in [0.15, 0.2) is 0 Å². The number of rotatable bonds is 5. The van der Waals surface area contributed by atoms with Crippen molar-refractivity contribution < 1.29 is 23.7 Å². The lowest BCUT2D eigenvalue weighted by molar-refractivity contribution is -0.384. The highest BCUT2D eigenvalue weighted by molar-refractivity contribution is 5.95. The highest BCUT2D eigenvalue weighted by Crippen LogP contribution is 2.29. The molecule has 2 N–H and O–H groups in total. The summed E-state index contributed by atoms with van der Waals surface area (Å²) >= 11 is 0. The number of nitrogens with one attached hydrogen (secondary N) is 2. The van der Waals surface area contributed by atoms with Gasteiger partial charge in [0.05, 0.1) is 22.8 Å². The van der Waals surface area contributed by atoms with Crippen LogP contribution in [-0.2, 0) is 16.1 Å². The number of non-ortho nitro benzene ring substituents is 1. The fourth-order valence-corrected chi connectivity index (χ4v) is 2.64. The summed E-state index contributed by atoms with van der Waals surface area (Å²) in [6.45, 7) is 1.49. The summed E-state index contributed by atoms with van der Waals surface area (Å²) < 4.78 is 10.4. The number of urea groups is 1. The van der Waals surface area contributed by atoms with E-state index >= 15 is 0 Å². The Morgan fingerprint density at radius 2 is 2.15 bits per heavy atom. The summed E-state index contributed by atoms with van der Waals surface area (Å²) in [7, 11) is 0. The topological polar surface area (TPSA) is 124 Å². The van der Waals surface area contributed by atoms with Crippen molar-refractivity contribution >= 4 is 17.7 Å². The van der Waals surface area contributed by atoms with Crippen molar-refractivity contribution in [3.8, 4) is 0 Å². The SMILES string of the molecule is CC1=C(C(=O)OCc2ccco2)C(c2cccc([N+](=O)[O-])c2)NC(=O)N1. The molecule has 1 aliphatic rings. The van der Waals surface area contributed by atoms with E-state index in [0.29, 0.717) is 17.0 Å². The number of ether oxygens (including phenoxy) is 1. The Kier molecular flexibility index (Phi) is 4.70. The van der Waals surface area contributed by atoms with E-state index in [2.05, 4.69) is 10.6 Å². The zero-order chi connectivity index (χ0) is 18.7. The lowest BCUT2D eigenvalue weighted by atomic mass is 9.95. The molecule has 0 radical (unpaired) electrons. The largest absolute Gasteiger partial charge is 0.466 e. The summed E-state index contributed by atoms with van der Waals surface area (Å²) in [5.74, 6) is -0.195. The zero-order valence-corrected chi connectivity index (χ0v) is 13.7. The zero-order valence-electron chi connectivity index (χ0n) is 13.7. The molecule has 9 heteroatoms. The number of hydrogen-bond acceptors (Lipinski definition) is 6. The molecule has 0 fully saturated rings. The van der Waals surface area contributed by atoms with Gasteiger partial charge in [0.2, 0.25) is 0 Å². The number of nitro benzene ring substituents is 1. The number of nitro groups is 1. The number of benzene rings is 1. The summed E-state index contributed by atoms with van der Waals surface area (Å²) in [5.41, 5.74) is 0.737. The number of esters is 1. The van der Waals surface area contributed by atoms with Gasteiger partial charge in [-0.25, -0.2) is 9.59 Å². The smallest absolute Gasteiger partial charge is 0.338 e. The molecule has 1 aliphatic heterocycles. The van der Waals surface area contributed by atoms with Gasteiger partial charge in [-0.3, -0.25) is 10.1 Å². The van der Waals surface area contributed by atoms with E-state index in [9.17, 15) is 19.7 Å². The van der Waals surface area contributed by atoms with E-state index in [1.807, 2.05) is 0 Å². The molecule has 0 saturated carbocycles. The maximum atomic E-state index is 12.6. The van der Waals surface area contributed by atoms with Crippen LogP contribution in [-0.4, -0.2) is 16.9 Å². The van der Waals surface area contributed by atoms with E-state index in [1.165, 1.54) is 24.5 Å². The van der Waals surface area contributed by atoms with Crippen LogP contribution in [0.15, 0.2) is 58.3 Å². The molecule has 0 aliphatic carbocycles. The van der Waals surface area contributed by atoms with Crippen LogP contribution in [0.5, 0.6) is 0 Å². The molecule has 0 bridgehead atoms. The van der Waals surface area contributed by atoms with Gasteiger partial charge in [0.25, 0.3) is 5.69 Å². The van der Waals surface area contributed by atoms with E-state index in [-0.39, 0.29) is 17.9 Å². The fraction of sp³-hybridized carbons (Fsp3) is 0.176. The third-order valence-electron chi connectivity index (χ3n) is 3.83. The van der Waals surface area contributed by atoms with E-state index in [1.54, 1.807) is 25.1 Å². The lowest BCUT2D eigenvalue weighted by Crippen LogP contribution is -2.45. The van der Waals surface area contributed by atoms with Gasteiger partial charge in [-0.15, -0.1) is 0 Å². The van der Waals surface area contributed by atoms with Gasteiger partial charge in [0.1, 0.15) is 12.4 Å². The number of allylic oxidation sites excluding steroid dienone is 1. The van der Waals surface area contributed by atoms with Gasteiger partial charge in [-0.1, -0.05) is 12.1 Å². The summed E-state index contributed by atoms with van der Waals surface area (Å²) in [6.07, 6.45) is 1.46. The predicted molar refractivity (Wildman–Crippen MR) is 88.7 cm³/mol. The van der Waals surface area contributed by atoms with Crippen LogP contribution in [0.1, 0.15) is 24.3 Å². The third kappa shape index (κ3) is 3.56. The van der Waals surface area contributed by atoms with Crippen LogP contribution >= 0.6 is 0 Å². The van der Waals surface area contributed by atoms with Crippen molar-refractivity contribution in [1.82, 2.24) is 10.6 Å². The van der Waals surface area contributed by atoms with E-state index < -0.39 is 23.0 Å². The minimum atomic E-state index is -0.868. The first-order chi connectivity index (χ1) is 12.5. The number of hydrogen-bond donors (Lipinski definition) is 2. The normalized spacial score (nSPS) is 16.7. The number of carbonyl (C=O) groups excluding carboxylic acids is 2. The highest BCUT2D eigenvalue weighted by Gasteiger charge is 2.33. The Morgan fingerprint density at radius 3 is 2.85 bits per heavy atom. The van der Waals surface area contributed by atoms with Gasteiger partial charge in [-0.05, 0) is 24.6 Å². The maximum Gasteiger partial charge on any atom is 0.338 e. The number of nitrogens with zero attached hydrogens (tertiary/aromatic N) is 1. The Hall–Kier alpha value is -3.62. The molecule has 9 nitrogen and oxygen atoms in total. The molecule has 0 spiro atoms. The van der Waals surface area contributed by atoms with Crippen LogP contribution in [0.25, 0.3) is 0 Å². The van der Waals surface area contributed by atoms with Crippen molar-refractivity contribution in [3.63, 3.8) is 0 Å². The first kappa shape index (κ1) is 17.2. The standard InChI is InChI=1S/C17H15N3O6/c1-10-14(16(21)26-9-13-6-3-7-25-13)15(19-17(22)18-10)11-4-2-5-12(8-11)20(23)24/h2-8,15H,9H2,1H3,(H2,18,19,22). The van der Waals surface area contributed by atoms with E-state index in [4.69, 9.17) is 9.15 Å². The van der Waals surface area contributed by atoms with Crippen LogP contribution in [0.3, 0.4) is 0 Å². The van der Waals surface area contributed by atoms with Gasteiger partial charge >= 0.3 is 12.0 Å². The van der Waals surface area contributed by atoms with E-state index in [0.717, 1.165) is 0 Å². The molecular formula is C17H15N3O6. The summed E-state index contributed by atoms with van der Waals surface area (Å²) in [4.78, 5) is 34.9. The molecule has 1 aromatic heterocycles. The van der Waals surface area contributed by atoms with Crippen molar-refractivity contribution in [3.05, 3.63) is 75.4 Å². The van der Waals surface area contributed by atoms with Crippen LogP contribution in [0, 0.1) is 10.1 Å². The Morgan fingerprint density at radius 1 is 1.35 bits per heavy atom. The lowest BCUT2D eigenvalue weighted by Gasteiger charge is -2.28. The number of carbonyl (C=O) groups is 2. The Bertz CT molecular complexity index is 888. The maximum absolute atomic E-state index is 12.6. The molecule has 26 heavy (non-hydrogen) atoms. The molecule has 134 valence electrons. The molecule has 3 rings (SSSR count). The molecule has 1 aromatic carbocycles. The Labute approximate surface area is 147 Å². The average molecular weight is 357 g/mol. The molecule has 1 unspecified atom stereocenters. The molecule has 1 atom stereocenters. The fourth-order valence-electron chi connectivity index (χ4n) is 2.64. The second kappa shape index (κ2) is 7.09. The van der Waals surface area contributed by atoms with Gasteiger partial charge < -0.3 is 19.8 Å². The molecular weight excluding hydrogens is 342 g/mol. The molecule has 2 heterocycles. The minimum Gasteiger partial charge on any atom is -0.466 e. The number of amides is 2. The molecule has 2 amide bonds. The van der Waals surface area contributed by atoms with Crippen LogP contribution in [0.2, 0.25) is 0 Å². The average Bonchev–Trinajstić information content (AvgIpc) is 3.12. The summed E-state index contributed by atoms with van der Waals surface area (Å²) in [5, 5.41) is 16.1. The molecule has 2 aromatic rings. The molecule has 0 saturated heterocycles. The first-order valence-electron chi connectivity index (χ1n) is 7.68. The van der Waals surface area contributed by atoms with Gasteiger partial charge in [-0.2, -0.15) is 0 Å². The van der Waals surface area contributed by atoms with Crippen LogP contribution < -0.4 is 10.6 Å². The predicted octanol–water partition coefficient (Wildman–Crippen LogP) is 2.56. The first-order valence-corrected chi connectivity index (χ1v) is 7.68.